The maximum atomic E-state index is 12.3. The number of carbonyl (C=O) groups excluding carboxylic acids is 2. The number of aromatic amines is 1. The van der Waals surface area contributed by atoms with Crippen molar-refractivity contribution in [3.63, 3.8) is 0 Å². The van der Waals surface area contributed by atoms with Crippen LogP contribution in [0.5, 0.6) is 0 Å². The Kier molecular flexibility index (Phi) is 2.53. The van der Waals surface area contributed by atoms with Crippen molar-refractivity contribution in [3.8, 4) is 0 Å². The molecule has 5 nitrogen and oxygen atoms in total. The highest BCUT2D eigenvalue weighted by atomic mass is 16.2. The van der Waals surface area contributed by atoms with Gasteiger partial charge in [0.25, 0.3) is 0 Å². The highest BCUT2D eigenvalue weighted by molar-refractivity contribution is 6.22. The van der Waals surface area contributed by atoms with Crippen LogP contribution in [0.25, 0.3) is 0 Å². The predicted octanol–water partition coefficient (Wildman–Crippen LogP) is 1.48. The lowest BCUT2D eigenvalue weighted by Crippen LogP contribution is -2.34. The van der Waals surface area contributed by atoms with Gasteiger partial charge in [-0.05, 0) is 12.8 Å². The number of carbonyl (C=O) groups is 2. The minimum atomic E-state index is -0.506. The van der Waals surface area contributed by atoms with Gasteiger partial charge in [-0.15, -0.1) is 0 Å². The number of amides is 2. The van der Waals surface area contributed by atoms with Crippen LogP contribution in [0.1, 0.15) is 33.1 Å². The molecule has 0 aromatic carbocycles. The fourth-order valence-corrected chi connectivity index (χ4v) is 2.22. The zero-order chi connectivity index (χ0) is 11.8. The molecule has 1 aromatic rings. The highest BCUT2D eigenvalue weighted by Crippen LogP contribution is 2.40. The average Bonchev–Trinajstić information content (AvgIpc) is 2.86. The van der Waals surface area contributed by atoms with E-state index < -0.39 is 5.41 Å². The van der Waals surface area contributed by atoms with Gasteiger partial charge in [0, 0.05) is 12.6 Å². The quantitative estimate of drug-likeness (QED) is 0.786. The molecule has 2 heterocycles. The van der Waals surface area contributed by atoms with Crippen LogP contribution in [0.4, 0.5) is 5.69 Å². The predicted molar refractivity (Wildman–Crippen MR) is 58.7 cm³/mol. The standard InChI is InChI=1S/C11H15N3O2/c1-3-11(4-2)5-9(15)14(10(11)16)8-6-12-13-7-8/h6-7H,3-5H2,1-2H3,(H,12,13). The molecule has 1 saturated heterocycles. The van der Waals surface area contributed by atoms with Crippen molar-refractivity contribution < 1.29 is 9.59 Å². The number of hydrogen-bond donors (Lipinski definition) is 1. The van der Waals surface area contributed by atoms with Gasteiger partial charge in [0.15, 0.2) is 0 Å². The summed E-state index contributed by atoms with van der Waals surface area (Å²) in [4.78, 5) is 25.4. The number of H-pyrrole nitrogens is 1. The lowest BCUT2D eigenvalue weighted by molar-refractivity contribution is -0.126. The lowest BCUT2D eigenvalue weighted by Gasteiger charge is -2.22. The van der Waals surface area contributed by atoms with Gasteiger partial charge >= 0.3 is 0 Å². The smallest absolute Gasteiger partial charge is 0.240 e. The molecule has 0 spiro atoms. The molecule has 2 amide bonds. The van der Waals surface area contributed by atoms with E-state index in [9.17, 15) is 9.59 Å². The Morgan fingerprint density at radius 3 is 2.56 bits per heavy atom. The fourth-order valence-electron chi connectivity index (χ4n) is 2.22. The summed E-state index contributed by atoms with van der Waals surface area (Å²) in [6, 6.07) is 0. The fraction of sp³-hybridized carbons (Fsp3) is 0.545. The molecule has 1 N–H and O–H groups in total. The molecule has 2 rings (SSSR count). The number of nitrogens with zero attached hydrogens (tertiary/aromatic N) is 2. The minimum Gasteiger partial charge on any atom is -0.284 e. The van der Waals surface area contributed by atoms with Crippen LogP contribution in [0.3, 0.4) is 0 Å². The van der Waals surface area contributed by atoms with Crippen LogP contribution >= 0.6 is 0 Å². The molecule has 0 atom stereocenters. The first-order valence-corrected chi connectivity index (χ1v) is 5.51. The summed E-state index contributed by atoms with van der Waals surface area (Å²) in [6.07, 6.45) is 4.77. The Morgan fingerprint density at radius 1 is 1.44 bits per heavy atom. The van der Waals surface area contributed by atoms with Crippen molar-refractivity contribution in [2.75, 3.05) is 4.90 Å². The third-order valence-electron chi connectivity index (χ3n) is 3.49. The first-order chi connectivity index (χ1) is 7.64. The zero-order valence-electron chi connectivity index (χ0n) is 9.49. The number of rotatable bonds is 3. The molecule has 5 heteroatoms. The van der Waals surface area contributed by atoms with E-state index in [1.807, 2.05) is 13.8 Å². The topological polar surface area (TPSA) is 66.1 Å². The normalized spacial score (nSPS) is 19.5. The van der Waals surface area contributed by atoms with E-state index in [4.69, 9.17) is 0 Å². The van der Waals surface area contributed by atoms with Crippen molar-refractivity contribution >= 4 is 17.5 Å². The van der Waals surface area contributed by atoms with Gasteiger partial charge in [0.2, 0.25) is 11.8 Å². The summed E-state index contributed by atoms with van der Waals surface area (Å²) in [7, 11) is 0. The van der Waals surface area contributed by atoms with E-state index in [2.05, 4.69) is 10.2 Å². The Hall–Kier alpha value is -1.65. The molecule has 0 saturated carbocycles. The zero-order valence-corrected chi connectivity index (χ0v) is 9.49. The maximum absolute atomic E-state index is 12.3. The Balaban J connectivity index is 2.37. The Bertz CT molecular complexity index is 407. The lowest BCUT2D eigenvalue weighted by atomic mass is 9.81. The molecular weight excluding hydrogens is 206 g/mol. The van der Waals surface area contributed by atoms with Crippen molar-refractivity contribution in [3.05, 3.63) is 12.4 Å². The summed E-state index contributed by atoms with van der Waals surface area (Å²) >= 11 is 0. The van der Waals surface area contributed by atoms with Crippen LogP contribution in [0, 0.1) is 5.41 Å². The second-order valence-corrected chi connectivity index (χ2v) is 4.16. The van der Waals surface area contributed by atoms with E-state index in [0.717, 1.165) is 0 Å². The van der Waals surface area contributed by atoms with Crippen molar-refractivity contribution in [2.45, 2.75) is 33.1 Å². The molecule has 0 bridgehead atoms. The van der Waals surface area contributed by atoms with Crippen molar-refractivity contribution in [1.29, 1.82) is 0 Å². The third-order valence-corrected chi connectivity index (χ3v) is 3.49. The molecule has 0 aliphatic carbocycles. The van der Waals surface area contributed by atoms with Crippen LogP contribution in [-0.4, -0.2) is 22.0 Å². The van der Waals surface area contributed by atoms with Gasteiger partial charge in [-0.2, -0.15) is 5.10 Å². The first kappa shape index (κ1) is 10.9. The molecule has 1 aliphatic heterocycles. The second-order valence-electron chi connectivity index (χ2n) is 4.16. The number of aromatic nitrogens is 2. The van der Waals surface area contributed by atoms with Gasteiger partial charge in [-0.1, -0.05) is 13.8 Å². The van der Waals surface area contributed by atoms with Crippen LogP contribution in [-0.2, 0) is 9.59 Å². The maximum Gasteiger partial charge on any atom is 0.240 e. The first-order valence-electron chi connectivity index (χ1n) is 5.51. The second kappa shape index (κ2) is 3.73. The molecule has 0 unspecified atom stereocenters. The van der Waals surface area contributed by atoms with Gasteiger partial charge < -0.3 is 0 Å². The van der Waals surface area contributed by atoms with E-state index in [1.165, 1.54) is 11.1 Å². The third kappa shape index (κ3) is 1.35. The molecule has 1 aliphatic rings. The molecule has 1 fully saturated rings. The van der Waals surface area contributed by atoms with Crippen LogP contribution in [0.2, 0.25) is 0 Å². The summed E-state index contributed by atoms with van der Waals surface area (Å²) in [5.74, 6) is -0.223. The largest absolute Gasteiger partial charge is 0.284 e. The Labute approximate surface area is 93.8 Å². The van der Waals surface area contributed by atoms with Gasteiger partial charge in [-0.25, -0.2) is 4.90 Å². The monoisotopic (exact) mass is 221 g/mol. The number of hydrogen-bond acceptors (Lipinski definition) is 3. The minimum absolute atomic E-state index is 0.0936. The van der Waals surface area contributed by atoms with E-state index in [1.54, 1.807) is 6.20 Å². The molecule has 0 radical (unpaired) electrons. The van der Waals surface area contributed by atoms with Gasteiger partial charge in [0.1, 0.15) is 0 Å². The SMILES string of the molecule is CCC1(CC)CC(=O)N(c2cn[nH]c2)C1=O. The van der Waals surface area contributed by atoms with Gasteiger partial charge in [0.05, 0.1) is 17.3 Å². The Morgan fingerprint density at radius 2 is 2.12 bits per heavy atom. The highest BCUT2D eigenvalue weighted by Gasteiger charge is 2.49. The van der Waals surface area contributed by atoms with Crippen LogP contribution < -0.4 is 4.90 Å². The van der Waals surface area contributed by atoms with E-state index in [-0.39, 0.29) is 11.8 Å². The average molecular weight is 221 g/mol. The number of anilines is 1. The summed E-state index contributed by atoms with van der Waals surface area (Å²) in [6.45, 7) is 3.90. The molecule has 1 aromatic heterocycles. The van der Waals surface area contributed by atoms with Gasteiger partial charge in [-0.3, -0.25) is 14.7 Å². The number of nitrogens with one attached hydrogen (secondary N) is 1. The number of imide groups is 1. The molecule has 86 valence electrons. The van der Waals surface area contributed by atoms with E-state index in [0.29, 0.717) is 24.9 Å². The summed E-state index contributed by atoms with van der Waals surface area (Å²) < 4.78 is 0. The molecular formula is C11H15N3O2. The van der Waals surface area contributed by atoms with Crippen molar-refractivity contribution in [2.24, 2.45) is 5.41 Å². The summed E-state index contributed by atoms with van der Waals surface area (Å²) in [5, 5.41) is 6.38. The summed E-state index contributed by atoms with van der Waals surface area (Å²) in [5.41, 5.74) is 0.0349. The van der Waals surface area contributed by atoms with E-state index >= 15 is 0 Å². The van der Waals surface area contributed by atoms with Crippen molar-refractivity contribution in [1.82, 2.24) is 10.2 Å². The van der Waals surface area contributed by atoms with Crippen LogP contribution in [0.15, 0.2) is 12.4 Å². The molecule has 16 heavy (non-hydrogen) atoms.